The Labute approximate surface area is 109 Å². The Kier molecular flexibility index (Phi) is 24.4. The van der Waals surface area contributed by atoms with Crippen molar-refractivity contribution in [3.63, 3.8) is 0 Å². The molecule has 104 valence electrons. The van der Waals surface area contributed by atoms with Crippen molar-refractivity contribution in [2.45, 2.75) is 90.9 Å². The van der Waals surface area contributed by atoms with Crippen molar-refractivity contribution in [3.8, 4) is 0 Å². The summed E-state index contributed by atoms with van der Waals surface area (Å²) in [4.78, 5) is 7.04. The van der Waals surface area contributed by atoms with Crippen LogP contribution in [0.15, 0.2) is 0 Å². The molecule has 0 spiro atoms. The summed E-state index contributed by atoms with van der Waals surface area (Å²) in [7, 11) is -1.17. The molecule has 0 fully saturated rings. The zero-order chi connectivity index (χ0) is 13.2. The summed E-state index contributed by atoms with van der Waals surface area (Å²) >= 11 is 0. The fourth-order valence-electron chi connectivity index (χ4n) is 1.91. The lowest BCUT2D eigenvalue weighted by molar-refractivity contribution is 0.524. The zero-order valence-corrected chi connectivity index (χ0v) is 12.8. The van der Waals surface area contributed by atoms with E-state index in [1.165, 1.54) is 77.0 Å². The quantitative estimate of drug-likeness (QED) is 0.387. The molecule has 0 bridgehead atoms. The van der Waals surface area contributed by atoms with E-state index in [1.54, 1.807) is 0 Å². The van der Waals surface area contributed by atoms with Crippen molar-refractivity contribution in [1.82, 2.24) is 0 Å². The van der Waals surface area contributed by atoms with E-state index in [4.69, 9.17) is 9.46 Å². The molecule has 0 amide bonds. The van der Waals surface area contributed by atoms with Crippen LogP contribution in [0.4, 0.5) is 0 Å². The maximum atomic E-state index is 8.51. The van der Waals surface area contributed by atoms with Crippen LogP contribution in [0.5, 0.6) is 0 Å². The summed E-state index contributed by atoms with van der Waals surface area (Å²) in [6.45, 7) is 4.57. The summed E-state index contributed by atoms with van der Waals surface area (Å²) in [5, 5.41) is 0. The minimum Gasteiger partial charge on any atom is -0.162 e. The Hall–Kier alpha value is 0.0600. The molecule has 0 radical (unpaired) electrons. The van der Waals surface area contributed by atoms with E-state index < -0.39 is 8.69 Å². The van der Waals surface area contributed by atoms with Crippen LogP contribution in [-0.2, 0) is 4.57 Å². The normalized spacial score (nSPS) is 10.1. The smallest absolute Gasteiger partial charge is 0.162 e. The Morgan fingerprint density at radius 1 is 0.647 bits per heavy atom. The third kappa shape index (κ3) is 26.0. The standard InChI is InChI=1S/C14H30.HO2P/c1-3-5-7-9-11-13-14-12-10-8-6-4-2;1-3-2/h3-14H2,1-2H3;3H/p+1. The van der Waals surface area contributed by atoms with Gasteiger partial charge < -0.3 is 0 Å². The van der Waals surface area contributed by atoms with Crippen LogP contribution in [0, 0.1) is 0 Å². The maximum absolute atomic E-state index is 8.51. The molecule has 0 saturated heterocycles. The predicted molar refractivity (Wildman–Crippen MR) is 78.0 cm³/mol. The van der Waals surface area contributed by atoms with E-state index in [0.717, 1.165) is 0 Å². The monoisotopic (exact) mass is 263 g/mol. The minimum absolute atomic E-state index is 1.17. The molecule has 2 nitrogen and oxygen atoms in total. The van der Waals surface area contributed by atoms with Crippen LogP contribution in [-0.4, -0.2) is 4.89 Å². The first-order valence-corrected chi connectivity index (χ1v) is 8.20. The molecule has 0 rings (SSSR count). The van der Waals surface area contributed by atoms with Crippen molar-refractivity contribution >= 4 is 8.69 Å². The van der Waals surface area contributed by atoms with Gasteiger partial charge in [-0.2, -0.15) is 4.89 Å². The highest BCUT2D eigenvalue weighted by atomic mass is 31.1. The largest absolute Gasteiger partial charge is 0.491 e. The SMILES string of the molecule is CCCCCCCCCCCCCC.O=[PH+]O. The van der Waals surface area contributed by atoms with E-state index >= 15 is 0 Å². The van der Waals surface area contributed by atoms with Crippen molar-refractivity contribution in [2.75, 3.05) is 0 Å². The van der Waals surface area contributed by atoms with Gasteiger partial charge in [-0.15, -0.1) is 0 Å². The van der Waals surface area contributed by atoms with Gasteiger partial charge in [0, 0.05) is 0 Å². The highest BCUT2D eigenvalue weighted by Gasteiger charge is 1.91. The molecular formula is C14H32O2P+. The fraction of sp³-hybridized carbons (Fsp3) is 1.00. The van der Waals surface area contributed by atoms with Gasteiger partial charge in [0.25, 0.3) is 0 Å². The Morgan fingerprint density at radius 3 is 1.00 bits per heavy atom. The van der Waals surface area contributed by atoms with Gasteiger partial charge in [0.2, 0.25) is 0 Å². The lowest BCUT2D eigenvalue weighted by Gasteiger charge is -2.01. The molecule has 1 atom stereocenters. The molecule has 0 heterocycles. The van der Waals surface area contributed by atoms with Crippen molar-refractivity contribution in [2.24, 2.45) is 0 Å². The van der Waals surface area contributed by atoms with Gasteiger partial charge in [0.05, 0.1) is 0 Å². The van der Waals surface area contributed by atoms with Crippen LogP contribution in [0.25, 0.3) is 0 Å². The Bertz CT molecular complexity index is 117. The van der Waals surface area contributed by atoms with Gasteiger partial charge in [-0.25, -0.2) is 0 Å². The molecule has 0 aliphatic carbocycles. The number of unbranched alkanes of at least 4 members (excludes halogenated alkanes) is 11. The Morgan fingerprint density at radius 2 is 0.824 bits per heavy atom. The lowest BCUT2D eigenvalue weighted by Crippen LogP contribution is -1.81. The first-order chi connectivity index (χ1) is 8.33. The number of rotatable bonds is 11. The van der Waals surface area contributed by atoms with Crippen LogP contribution in [0.3, 0.4) is 0 Å². The molecule has 0 aromatic carbocycles. The second-order valence-corrected chi connectivity index (χ2v) is 4.81. The first-order valence-electron chi connectivity index (χ1n) is 7.34. The van der Waals surface area contributed by atoms with Gasteiger partial charge in [-0.05, 0) is 4.57 Å². The van der Waals surface area contributed by atoms with Crippen molar-refractivity contribution < 1.29 is 9.46 Å². The summed E-state index contributed by atoms with van der Waals surface area (Å²) in [6.07, 6.45) is 17.4. The molecular weight excluding hydrogens is 231 g/mol. The van der Waals surface area contributed by atoms with E-state index in [9.17, 15) is 0 Å². The van der Waals surface area contributed by atoms with Crippen LogP contribution in [0.2, 0.25) is 0 Å². The third-order valence-electron chi connectivity index (χ3n) is 2.96. The molecule has 0 saturated carbocycles. The predicted octanol–water partition coefficient (Wildman–Crippen LogP) is 5.63. The van der Waals surface area contributed by atoms with Crippen LogP contribution >= 0.6 is 8.69 Å². The summed E-state index contributed by atoms with van der Waals surface area (Å²) in [5.74, 6) is 0. The maximum Gasteiger partial charge on any atom is 0.491 e. The summed E-state index contributed by atoms with van der Waals surface area (Å²) in [5.41, 5.74) is 0. The molecule has 3 heteroatoms. The van der Waals surface area contributed by atoms with E-state index in [2.05, 4.69) is 13.8 Å². The third-order valence-corrected chi connectivity index (χ3v) is 2.96. The van der Waals surface area contributed by atoms with E-state index in [-0.39, 0.29) is 0 Å². The average molecular weight is 263 g/mol. The van der Waals surface area contributed by atoms with Crippen LogP contribution < -0.4 is 0 Å². The lowest BCUT2D eigenvalue weighted by atomic mass is 10.1. The molecule has 0 aliphatic rings. The second kappa shape index (κ2) is 21.4. The van der Waals surface area contributed by atoms with E-state index in [1.807, 2.05) is 0 Å². The van der Waals surface area contributed by atoms with Gasteiger partial charge in [0.15, 0.2) is 0 Å². The first kappa shape index (κ1) is 19.4. The highest BCUT2D eigenvalue weighted by molar-refractivity contribution is 7.16. The van der Waals surface area contributed by atoms with Gasteiger partial charge in [-0.3, -0.25) is 0 Å². The molecule has 17 heavy (non-hydrogen) atoms. The van der Waals surface area contributed by atoms with Gasteiger partial charge in [0.1, 0.15) is 0 Å². The zero-order valence-electron chi connectivity index (χ0n) is 11.8. The van der Waals surface area contributed by atoms with Gasteiger partial charge >= 0.3 is 8.69 Å². The van der Waals surface area contributed by atoms with Gasteiger partial charge in [-0.1, -0.05) is 90.9 Å². The number of hydrogen-bond acceptors (Lipinski definition) is 1. The average Bonchev–Trinajstić information content (AvgIpc) is 2.33. The minimum atomic E-state index is -1.17. The van der Waals surface area contributed by atoms with Crippen LogP contribution in [0.1, 0.15) is 90.9 Å². The topological polar surface area (TPSA) is 37.3 Å². The highest BCUT2D eigenvalue weighted by Crippen LogP contribution is 2.11. The number of hydrogen-bond donors (Lipinski definition) is 1. The molecule has 0 aliphatic heterocycles. The summed E-state index contributed by atoms with van der Waals surface area (Å²) in [6, 6.07) is 0. The van der Waals surface area contributed by atoms with Crippen molar-refractivity contribution in [3.05, 3.63) is 0 Å². The molecule has 0 aromatic rings. The van der Waals surface area contributed by atoms with E-state index in [0.29, 0.717) is 0 Å². The molecule has 0 aromatic heterocycles. The fourth-order valence-corrected chi connectivity index (χ4v) is 1.91. The second-order valence-electron chi connectivity index (χ2n) is 4.63. The molecule has 1 unspecified atom stereocenters. The Balaban J connectivity index is 0. The van der Waals surface area contributed by atoms with Crippen molar-refractivity contribution in [1.29, 1.82) is 0 Å². The summed E-state index contributed by atoms with van der Waals surface area (Å²) < 4.78 is 8.51. The molecule has 1 N–H and O–H groups in total.